The lowest BCUT2D eigenvalue weighted by atomic mass is 9.96. The summed E-state index contributed by atoms with van der Waals surface area (Å²) in [6, 6.07) is 6.23. The van der Waals surface area contributed by atoms with E-state index in [-0.39, 0.29) is 18.1 Å². The van der Waals surface area contributed by atoms with Gasteiger partial charge in [-0.2, -0.15) is 0 Å². The molecule has 0 saturated carbocycles. The third kappa shape index (κ3) is 3.48. The first-order valence-electron chi connectivity index (χ1n) is 9.57. The van der Waals surface area contributed by atoms with E-state index in [2.05, 4.69) is 21.7 Å². The monoisotopic (exact) mass is 357 g/mol. The average Bonchev–Trinajstić information content (AvgIpc) is 3.00. The van der Waals surface area contributed by atoms with Crippen molar-refractivity contribution >= 4 is 16.9 Å². The van der Waals surface area contributed by atoms with Crippen LogP contribution in [0, 0.1) is 0 Å². The number of pyridine rings is 1. The Balaban J connectivity index is 1.63. The Morgan fingerprint density at radius 2 is 1.96 bits per heavy atom. The number of carbonyl (C=O) groups excluding carboxylic acids is 1. The highest BCUT2D eigenvalue weighted by Gasteiger charge is 2.28. The summed E-state index contributed by atoms with van der Waals surface area (Å²) in [7, 11) is 0. The van der Waals surface area contributed by atoms with Gasteiger partial charge in [-0.05, 0) is 44.9 Å². The first-order chi connectivity index (χ1) is 12.6. The summed E-state index contributed by atoms with van der Waals surface area (Å²) in [5.74, 6) is 0.566. The number of ether oxygens (including phenoxy) is 2. The molecule has 0 spiro atoms. The van der Waals surface area contributed by atoms with Crippen LogP contribution in [0.15, 0.2) is 24.4 Å². The number of nitrogens with zero attached hydrogens (tertiary/aromatic N) is 3. The van der Waals surface area contributed by atoms with Gasteiger partial charge in [-0.25, -0.2) is 4.98 Å². The molecule has 140 valence electrons. The summed E-state index contributed by atoms with van der Waals surface area (Å²) in [5.41, 5.74) is 2.11. The number of aromatic nitrogens is 2. The molecule has 0 bridgehead atoms. The molecule has 6 nitrogen and oxygen atoms in total. The predicted molar refractivity (Wildman–Crippen MR) is 99.1 cm³/mol. The van der Waals surface area contributed by atoms with Gasteiger partial charge < -0.3 is 18.9 Å². The standard InChI is InChI=1S/C20H27N3O3/c1-14-11-22(12-15(2)26-14)19(24)13-23-18(16-5-8-25-9-6-16)10-17-4-3-7-21-20(17)23/h3-4,7,10,14-16H,5-6,8-9,11-13H2,1-2H3/t14-,15-/m0/s1. The van der Waals surface area contributed by atoms with Gasteiger partial charge in [0.05, 0.1) is 12.2 Å². The number of fused-ring (bicyclic) bond motifs is 1. The molecule has 2 atom stereocenters. The van der Waals surface area contributed by atoms with Crippen molar-refractivity contribution in [3.8, 4) is 0 Å². The lowest BCUT2D eigenvalue weighted by molar-refractivity contribution is -0.143. The molecule has 0 N–H and O–H groups in total. The van der Waals surface area contributed by atoms with E-state index in [1.165, 1.54) is 5.69 Å². The molecule has 4 heterocycles. The van der Waals surface area contributed by atoms with Crippen molar-refractivity contribution < 1.29 is 14.3 Å². The fraction of sp³-hybridized carbons (Fsp3) is 0.600. The molecule has 1 amide bonds. The van der Waals surface area contributed by atoms with Gasteiger partial charge in [-0.1, -0.05) is 0 Å². The maximum Gasteiger partial charge on any atom is 0.242 e. The van der Waals surface area contributed by atoms with Crippen LogP contribution in [0.2, 0.25) is 0 Å². The molecule has 2 aliphatic heterocycles. The fourth-order valence-electron chi connectivity index (χ4n) is 4.22. The van der Waals surface area contributed by atoms with Gasteiger partial charge in [-0.15, -0.1) is 0 Å². The molecule has 0 unspecified atom stereocenters. The molecule has 2 aliphatic rings. The summed E-state index contributed by atoms with van der Waals surface area (Å²) >= 11 is 0. The van der Waals surface area contributed by atoms with Crippen molar-refractivity contribution in [3.05, 3.63) is 30.1 Å². The second-order valence-electron chi connectivity index (χ2n) is 7.51. The minimum atomic E-state index is 0.0807. The molecule has 26 heavy (non-hydrogen) atoms. The van der Waals surface area contributed by atoms with Crippen LogP contribution in [0.1, 0.15) is 38.3 Å². The summed E-state index contributed by atoms with van der Waals surface area (Å²) in [6.45, 7) is 7.27. The number of hydrogen-bond acceptors (Lipinski definition) is 4. The van der Waals surface area contributed by atoms with Gasteiger partial charge in [-0.3, -0.25) is 4.79 Å². The van der Waals surface area contributed by atoms with E-state index in [4.69, 9.17) is 9.47 Å². The number of carbonyl (C=O) groups is 1. The zero-order chi connectivity index (χ0) is 18.1. The van der Waals surface area contributed by atoms with Crippen LogP contribution < -0.4 is 0 Å². The highest BCUT2D eigenvalue weighted by Crippen LogP contribution is 2.31. The number of hydrogen-bond donors (Lipinski definition) is 0. The largest absolute Gasteiger partial charge is 0.381 e. The van der Waals surface area contributed by atoms with Crippen molar-refractivity contribution in [1.29, 1.82) is 0 Å². The molecule has 0 radical (unpaired) electrons. The Morgan fingerprint density at radius 3 is 2.69 bits per heavy atom. The molecular weight excluding hydrogens is 330 g/mol. The van der Waals surface area contributed by atoms with Crippen LogP contribution in [0.5, 0.6) is 0 Å². The molecule has 0 aromatic carbocycles. The first-order valence-corrected chi connectivity index (χ1v) is 9.57. The van der Waals surface area contributed by atoms with Crippen LogP contribution in [0.4, 0.5) is 0 Å². The molecule has 6 heteroatoms. The SMILES string of the molecule is C[C@H]1CN(C(=O)Cn2c(C3CCOCC3)cc3cccnc32)C[C@H](C)O1. The third-order valence-corrected chi connectivity index (χ3v) is 5.39. The van der Waals surface area contributed by atoms with E-state index in [1.54, 1.807) is 6.20 Å². The van der Waals surface area contributed by atoms with Crippen molar-refractivity contribution in [2.24, 2.45) is 0 Å². The highest BCUT2D eigenvalue weighted by molar-refractivity contribution is 5.82. The molecule has 2 fully saturated rings. The third-order valence-electron chi connectivity index (χ3n) is 5.39. The quantitative estimate of drug-likeness (QED) is 0.847. The van der Waals surface area contributed by atoms with Crippen molar-refractivity contribution in [3.63, 3.8) is 0 Å². The van der Waals surface area contributed by atoms with Crippen LogP contribution in [0.25, 0.3) is 11.0 Å². The van der Waals surface area contributed by atoms with Crippen LogP contribution in [-0.4, -0.2) is 58.9 Å². The van der Waals surface area contributed by atoms with E-state index >= 15 is 0 Å². The van der Waals surface area contributed by atoms with E-state index in [1.807, 2.05) is 24.8 Å². The van der Waals surface area contributed by atoms with Gasteiger partial charge >= 0.3 is 0 Å². The lowest BCUT2D eigenvalue weighted by Crippen LogP contribution is -2.49. The Labute approximate surface area is 154 Å². The zero-order valence-electron chi connectivity index (χ0n) is 15.6. The predicted octanol–water partition coefficient (Wildman–Crippen LogP) is 2.57. The number of amides is 1. The van der Waals surface area contributed by atoms with Gasteiger partial charge in [0.1, 0.15) is 12.2 Å². The second kappa shape index (κ2) is 7.37. The summed E-state index contributed by atoms with van der Waals surface area (Å²) in [4.78, 5) is 19.5. The van der Waals surface area contributed by atoms with E-state index < -0.39 is 0 Å². The van der Waals surface area contributed by atoms with Crippen molar-refractivity contribution in [1.82, 2.24) is 14.5 Å². The Kier molecular flexibility index (Phi) is 4.96. The van der Waals surface area contributed by atoms with E-state index in [9.17, 15) is 4.79 Å². The number of morpholine rings is 1. The lowest BCUT2D eigenvalue weighted by Gasteiger charge is -2.35. The molecule has 2 aromatic heterocycles. The summed E-state index contributed by atoms with van der Waals surface area (Å²) in [5, 5.41) is 1.10. The maximum absolute atomic E-state index is 13.0. The van der Waals surface area contributed by atoms with Crippen LogP contribution in [0.3, 0.4) is 0 Å². The normalized spacial score (nSPS) is 24.9. The van der Waals surface area contributed by atoms with E-state index in [0.29, 0.717) is 25.6 Å². The van der Waals surface area contributed by atoms with Gasteiger partial charge in [0.25, 0.3) is 0 Å². The van der Waals surface area contributed by atoms with Crippen LogP contribution >= 0.6 is 0 Å². The molecular formula is C20H27N3O3. The summed E-state index contributed by atoms with van der Waals surface area (Å²) < 4.78 is 13.4. The minimum Gasteiger partial charge on any atom is -0.381 e. The second-order valence-corrected chi connectivity index (χ2v) is 7.51. The van der Waals surface area contributed by atoms with Crippen molar-refractivity contribution in [2.75, 3.05) is 26.3 Å². The first kappa shape index (κ1) is 17.5. The molecule has 4 rings (SSSR count). The van der Waals surface area contributed by atoms with Gasteiger partial charge in [0.15, 0.2) is 0 Å². The Bertz CT molecular complexity index is 772. The Hall–Kier alpha value is -1.92. The minimum absolute atomic E-state index is 0.0807. The molecule has 2 aromatic rings. The van der Waals surface area contributed by atoms with Gasteiger partial charge in [0, 0.05) is 49.5 Å². The van der Waals surface area contributed by atoms with Crippen molar-refractivity contribution in [2.45, 2.75) is 51.4 Å². The molecule has 2 saturated heterocycles. The number of rotatable bonds is 3. The fourth-order valence-corrected chi connectivity index (χ4v) is 4.22. The van der Waals surface area contributed by atoms with E-state index in [0.717, 1.165) is 37.1 Å². The highest BCUT2D eigenvalue weighted by atomic mass is 16.5. The molecule has 0 aliphatic carbocycles. The Morgan fingerprint density at radius 1 is 1.23 bits per heavy atom. The summed E-state index contributed by atoms with van der Waals surface area (Å²) in [6.07, 6.45) is 3.96. The van der Waals surface area contributed by atoms with Crippen LogP contribution in [-0.2, 0) is 20.8 Å². The topological polar surface area (TPSA) is 56.6 Å². The smallest absolute Gasteiger partial charge is 0.242 e. The maximum atomic E-state index is 13.0. The zero-order valence-corrected chi connectivity index (χ0v) is 15.6. The average molecular weight is 357 g/mol. The van der Waals surface area contributed by atoms with Gasteiger partial charge in [0.2, 0.25) is 5.91 Å².